The van der Waals surface area contributed by atoms with E-state index in [0.29, 0.717) is 16.0 Å². The highest BCUT2D eigenvalue weighted by Crippen LogP contribution is 2.29. The predicted octanol–water partition coefficient (Wildman–Crippen LogP) is 4.30. The number of fused-ring (bicyclic) bond motifs is 1. The highest BCUT2D eigenvalue weighted by Gasteiger charge is 2.33. The number of carboxylic acids is 1. The number of hydrogen-bond donors (Lipinski definition) is 3. The monoisotopic (exact) mass is 482 g/mol. The van der Waals surface area contributed by atoms with E-state index in [0.717, 1.165) is 22.2 Å². The Hall–Kier alpha value is -3.45. The van der Waals surface area contributed by atoms with E-state index in [1.54, 1.807) is 19.2 Å². The lowest BCUT2D eigenvalue weighted by atomic mass is 9.93. The molecule has 6 nitrogen and oxygen atoms in total. The molecule has 0 spiro atoms. The van der Waals surface area contributed by atoms with Gasteiger partial charge in [0, 0.05) is 28.6 Å². The normalized spacial score (nSPS) is 13.3. The number of aromatic nitrogens is 1. The molecule has 0 aliphatic rings. The third-order valence-corrected chi connectivity index (χ3v) is 8.11. The average molecular weight is 483 g/mol. The summed E-state index contributed by atoms with van der Waals surface area (Å²) in [6.45, 7) is 1.67. The summed E-state index contributed by atoms with van der Waals surface area (Å²) in [4.78, 5) is 15.6. The lowest BCUT2D eigenvalue weighted by molar-refractivity contribution is -0.139. The lowest BCUT2D eigenvalue weighted by Crippen LogP contribution is -2.43. The number of carboxylic acid groups (broad SMARTS) is 1. The first-order chi connectivity index (χ1) is 15.7. The molecule has 4 aromatic rings. The first-order valence-electron chi connectivity index (χ1n) is 9.93. The zero-order valence-electron chi connectivity index (χ0n) is 17.4. The maximum Gasteiger partial charge on any atom is 0.322 e. The molecule has 9 heteroatoms. The molecule has 0 unspecified atom stereocenters. The molecule has 0 aliphatic heterocycles. The average Bonchev–Trinajstić information content (AvgIpc) is 3.44. The largest absolute Gasteiger partial charge is 0.480 e. The molecule has 2 aromatic carbocycles. The van der Waals surface area contributed by atoms with Gasteiger partial charge in [0.25, 0.3) is 10.0 Å². The third kappa shape index (κ3) is 4.98. The van der Waals surface area contributed by atoms with Crippen LogP contribution in [0.3, 0.4) is 0 Å². The number of H-pyrrole nitrogens is 1. The van der Waals surface area contributed by atoms with Crippen LogP contribution in [0.2, 0.25) is 0 Å². The molecule has 0 saturated carbocycles. The number of carbonyl (C=O) groups is 1. The van der Waals surface area contributed by atoms with E-state index < -0.39 is 28.0 Å². The van der Waals surface area contributed by atoms with Gasteiger partial charge in [-0.25, -0.2) is 12.8 Å². The Bertz CT molecular complexity index is 1480. The molecule has 0 saturated heterocycles. The van der Waals surface area contributed by atoms with Gasteiger partial charge in [0.15, 0.2) is 0 Å². The summed E-state index contributed by atoms with van der Waals surface area (Å²) in [6.07, 6.45) is 1.70. The minimum Gasteiger partial charge on any atom is -0.480 e. The molecule has 0 fully saturated rings. The van der Waals surface area contributed by atoms with Crippen LogP contribution in [-0.2, 0) is 14.8 Å². The Morgan fingerprint density at radius 2 is 1.82 bits per heavy atom. The van der Waals surface area contributed by atoms with Crippen molar-refractivity contribution in [3.05, 3.63) is 88.7 Å². The molecule has 0 aliphatic carbocycles. The van der Waals surface area contributed by atoms with Crippen molar-refractivity contribution in [2.75, 3.05) is 0 Å². The van der Waals surface area contributed by atoms with E-state index in [9.17, 15) is 22.7 Å². The molecule has 3 N–H and O–H groups in total. The van der Waals surface area contributed by atoms with Gasteiger partial charge in [-0.2, -0.15) is 4.72 Å². The van der Waals surface area contributed by atoms with E-state index in [2.05, 4.69) is 21.5 Å². The van der Waals surface area contributed by atoms with Crippen molar-refractivity contribution in [2.45, 2.75) is 23.1 Å². The number of aromatic amines is 1. The van der Waals surface area contributed by atoms with Gasteiger partial charge < -0.3 is 10.1 Å². The molecular weight excluding hydrogens is 463 g/mol. The Balaban J connectivity index is 1.56. The Labute approximate surface area is 194 Å². The van der Waals surface area contributed by atoms with E-state index >= 15 is 0 Å². The molecule has 0 radical (unpaired) electrons. The minimum atomic E-state index is -4.10. The van der Waals surface area contributed by atoms with Gasteiger partial charge in [-0.15, -0.1) is 11.3 Å². The topological polar surface area (TPSA) is 99.3 Å². The van der Waals surface area contributed by atoms with Crippen molar-refractivity contribution in [2.24, 2.45) is 0 Å². The quantitative estimate of drug-likeness (QED) is 0.357. The zero-order valence-corrected chi connectivity index (χ0v) is 19.0. The van der Waals surface area contributed by atoms with Crippen LogP contribution in [0.1, 0.15) is 28.8 Å². The number of halogens is 1. The second kappa shape index (κ2) is 9.19. The maximum absolute atomic E-state index is 13.0. The van der Waals surface area contributed by atoms with E-state index in [1.807, 2.05) is 24.3 Å². The first kappa shape index (κ1) is 22.7. The van der Waals surface area contributed by atoms with E-state index in [-0.39, 0.29) is 10.0 Å². The third-order valence-electron chi connectivity index (χ3n) is 5.18. The zero-order chi connectivity index (χ0) is 23.6. The van der Waals surface area contributed by atoms with Crippen LogP contribution in [0.4, 0.5) is 4.39 Å². The van der Waals surface area contributed by atoms with Crippen LogP contribution in [0.15, 0.2) is 71.1 Å². The molecule has 2 atom stereocenters. The van der Waals surface area contributed by atoms with Crippen molar-refractivity contribution in [1.29, 1.82) is 0 Å². The van der Waals surface area contributed by atoms with E-state index in [4.69, 9.17) is 0 Å². The predicted molar refractivity (Wildman–Crippen MR) is 125 cm³/mol. The van der Waals surface area contributed by atoms with Gasteiger partial charge >= 0.3 is 5.97 Å². The van der Waals surface area contributed by atoms with Crippen LogP contribution < -0.4 is 4.72 Å². The molecule has 2 heterocycles. The fourth-order valence-electron chi connectivity index (χ4n) is 3.44. The van der Waals surface area contributed by atoms with Crippen LogP contribution in [0.5, 0.6) is 0 Å². The summed E-state index contributed by atoms with van der Waals surface area (Å²) in [5, 5.41) is 10.6. The summed E-state index contributed by atoms with van der Waals surface area (Å²) < 4.78 is 41.2. The smallest absolute Gasteiger partial charge is 0.322 e. The van der Waals surface area contributed by atoms with Crippen molar-refractivity contribution in [1.82, 2.24) is 9.71 Å². The van der Waals surface area contributed by atoms with Crippen LogP contribution in [0, 0.1) is 17.7 Å². The van der Waals surface area contributed by atoms with Gasteiger partial charge in [0.2, 0.25) is 0 Å². The molecular formula is C24H19FN2O4S2. The van der Waals surface area contributed by atoms with Crippen molar-refractivity contribution < 1.29 is 22.7 Å². The summed E-state index contributed by atoms with van der Waals surface area (Å²) in [6, 6.07) is 14.6. The Morgan fingerprint density at radius 1 is 1.09 bits per heavy atom. The molecule has 0 bridgehead atoms. The van der Waals surface area contributed by atoms with Gasteiger partial charge in [0.05, 0.1) is 4.88 Å². The van der Waals surface area contributed by atoms with E-state index in [1.165, 1.54) is 30.3 Å². The number of para-hydroxylation sites is 1. The highest BCUT2D eigenvalue weighted by atomic mass is 32.2. The second-order valence-electron chi connectivity index (χ2n) is 7.39. The molecule has 4 rings (SSSR count). The number of sulfonamides is 1. The van der Waals surface area contributed by atoms with Crippen molar-refractivity contribution in [3.63, 3.8) is 0 Å². The Kier molecular flexibility index (Phi) is 6.33. The van der Waals surface area contributed by atoms with Crippen molar-refractivity contribution >= 4 is 38.2 Å². The standard InChI is InChI=1S/C24H19FN2O4S2/c1-15(20-14-26-21-5-3-2-4-19(20)21)23(24(28)29)27-33(30,31)22-13-12-18(32-22)11-8-16-6-9-17(25)10-7-16/h2-7,9-10,12-15,23,26-27H,1H3,(H,28,29)/t15-,23+/m0/s1. The number of benzene rings is 2. The number of nitrogens with one attached hydrogen (secondary N) is 2. The second-order valence-corrected chi connectivity index (χ2v) is 10.4. The van der Waals surface area contributed by atoms with Crippen molar-refractivity contribution in [3.8, 4) is 11.8 Å². The van der Waals surface area contributed by atoms with Gasteiger partial charge in [-0.05, 0) is 48.0 Å². The number of thiophene rings is 1. The summed E-state index contributed by atoms with van der Waals surface area (Å²) in [5.74, 6) is 3.42. The Morgan fingerprint density at radius 3 is 2.55 bits per heavy atom. The fraction of sp³-hybridized carbons (Fsp3) is 0.125. The van der Waals surface area contributed by atoms with Gasteiger partial charge in [0.1, 0.15) is 16.1 Å². The van der Waals surface area contributed by atoms with Crippen LogP contribution >= 0.6 is 11.3 Å². The molecule has 2 aromatic heterocycles. The summed E-state index contributed by atoms with van der Waals surface area (Å²) >= 11 is 0.930. The number of aliphatic carboxylic acids is 1. The molecule has 0 amide bonds. The van der Waals surface area contributed by atoms with Gasteiger partial charge in [-0.3, -0.25) is 4.79 Å². The van der Waals surface area contributed by atoms with Crippen LogP contribution in [0.25, 0.3) is 10.9 Å². The maximum atomic E-state index is 13.0. The molecule has 33 heavy (non-hydrogen) atoms. The summed E-state index contributed by atoms with van der Waals surface area (Å²) in [5.41, 5.74) is 2.14. The fourth-order valence-corrected chi connectivity index (χ4v) is 5.89. The first-order valence-corrected chi connectivity index (χ1v) is 12.2. The van der Waals surface area contributed by atoms with Crippen LogP contribution in [-0.4, -0.2) is 30.5 Å². The van der Waals surface area contributed by atoms with Gasteiger partial charge in [-0.1, -0.05) is 37.0 Å². The lowest BCUT2D eigenvalue weighted by Gasteiger charge is -2.21. The molecule has 168 valence electrons. The SMILES string of the molecule is C[C@@H](c1c[nH]c2ccccc12)[C@@H](NS(=O)(=O)c1ccc(C#Cc2ccc(F)cc2)s1)C(=O)O. The number of rotatable bonds is 6. The number of hydrogen-bond acceptors (Lipinski definition) is 4. The summed E-state index contributed by atoms with van der Waals surface area (Å²) in [7, 11) is -4.10. The minimum absolute atomic E-state index is 0.0386. The highest BCUT2D eigenvalue weighted by molar-refractivity contribution is 7.91.